The van der Waals surface area contributed by atoms with Gasteiger partial charge in [-0.2, -0.15) is 5.26 Å². The molecule has 0 fully saturated rings. The summed E-state index contributed by atoms with van der Waals surface area (Å²) in [6.45, 7) is 2.26. The van der Waals surface area contributed by atoms with Crippen LogP contribution in [0.5, 0.6) is 17.2 Å². The number of anilines is 3. The zero-order valence-corrected chi connectivity index (χ0v) is 22.8. The van der Waals surface area contributed by atoms with Gasteiger partial charge in [-0.05, 0) is 17.7 Å². The number of carbonyl (C=O) groups excluding carboxylic acids is 1. The molecule has 0 saturated carbocycles. The van der Waals surface area contributed by atoms with Crippen LogP contribution in [0.2, 0.25) is 0 Å². The topological polar surface area (TPSA) is 87.5 Å². The first-order valence-corrected chi connectivity index (χ1v) is 13.5. The molecule has 2 aromatic heterocycles. The second-order valence-electron chi connectivity index (χ2n) is 8.65. The number of urea groups is 1. The summed E-state index contributed by atoms with van der Waals surface area (Å²) in [5.41, 5.74) is 4.69. The molecule has 0 unspecified atom stereocenters. The molecule has 2 radical (unpaired) electrons. The molecule has 184 valence electrons. The molecule has 0 bridgehead atoms. The van der Waals surface area contributed by atoms with Gasteiger partial charge in [0.15, 0.2) is 0 Å². The number of pyridine rings is 1. The van der Waals surface area contributed by atoms with Crippen molar-refractivity contribution in [1.29, 1.82) is 5.26 Å². The van der Waals surface area contributed by atoms with Gasteiger partial charge in [-0.1, -0.05) is 24.3 Å². The van der Waals surface area contributed by atoms with Crippen LogP contribution in [-0.2, 0) is 6.61 Å². The van der Waals surface area contributed by atoms with E-state index < -0.39 is 0 Å². The SMILES string of the molecule is Cc1cc(Oc2cccc(COc3ccccc3C#N)c2)ccc1N1C(=O)Nc2c([As])sc3nccc1c23. The van der Waals surface area contributed by atoms with Crippen molar-refractivity contribution >= 4 is 65.2 Å². The number of aromatic nitrogens is 1. The molecule has 1 aliphatic rings. The minimum absolute atomic E-state index is 0.210. The van der Waals surface area contributed by atoms with E-state index in [1.54, 1.807) is 34.6 Å². The monoisotopic (exact) mass is 578 g/mol. The van der Waals surface area contributed by atoms with E-state index in [4.69, 9.17) is 9.47 Å². The molecule has 1 N–H and O–H groups in total. The zero-order chi connectivity index (χ0) is 26.2. The van der Waals surface area contributed by atoms with Crippen LogP contribution < -0.4 is 23.4 Å². The average molecular weight is 578 g/mol. The summed E-state index contributed by atoms with van der Waals surface area (Å²) in [7, 11) is 0. The van der Waals surface area contributed by atoms with Crippen LogP contribution in [0.15, 0.2) is 79.0 Å². The fraction of sp³-hybridized carbons (Fsp3) is 0.0690. The minimum atomic E-state index is -0.210. The van der Waals surface area contributed by atoms with Gasteiger partial charge in [0.2, 0.25) is 0 Å². The fourth-order valence-corrected chi connectivity index (χ4v) is 6.19. The van der Waals surface area contributed by atoms with Crippen LogP contribution in [0, 0.1) is 18.3 Å². The maximum atomic E-state index is 13.1. The molecule has 0 aliphatic carbocycles. The van der Waals surface area contributed by atoms with E-state index >= 15 is 0 Å². The van der Waals surface area contributed by atoms with Gasteiger partial charge >= 0.3 is 156 Å². The van der Waals surface area contributed by atoms with Crippen molar-refractivity contribution < 1.29 is 14.3 Å². The van der Waals surface area contributed by atoms with Crippen molar-refractivity contribution in [3.63, 3.8) is 0 Å². The summed E-state index contributed by atoms with van der Waals surface area (Å²) < 4.78 is 13.0. The first kappa shape index (κ1) is 24.0. The van der Waals surface area contributed by atoms with Crippen LogP contribution in [0.25, 0.3) is 10.2 Å². The van der Waals surface area contributed by atoms with E-state index in [9.17, 15) is 10.1 Å². The zero-order valence-electron chi connectivity index (χ0n) is 20.1. The van der Waals surface area contributed by atoms with Crippen molar-refractivity contribution in [1.82, 2.24) is 4.98 Å². The molecule has 0 saturated heterocycles. The van der Waals surface area contributed by atoms with Crippen LogP contribution in [-0.4, -0.2) is 27.9 Å². The van der Waals surface area contributed by atoms with Gasteiger partial charge < -0.3 is 4.74 Å². The number of aryl methyl sites for hydroxylation is 1. The quantitative estimate of drug-likeness (QED) is 0.238. The molecule has 3 aromatic carbocycles. The number of hydrogen-bond acceptors (Lipinski definition) is 6. The number of hydrogen-bond donors (Lipinski definition) is 1. The van der Waals surface area contributed by atoms with E-state index in [1.165, 1.54) is 0 Å². The normalized spacial score (nSPS) is 12.2. The first-order valence-electron chi connectivity index (χ1n) is 11.7. The molecule has 3 heterocycles. The van der Waals surface area contributed by atoms with Crippen molar-refractivity contribution in [2.24, 2.45) is 0 Å². The van der Waals surface area contributed by atoms with E-state index in [1.807, 2.05) is 67.6 Å². The summed E-state index contributed by atoms with van der Waals surface area (Å²) in [5, 5.41) is 13.2. The second kappa shape index (κ2) is 9.86. The van der Waals surface area contributed by atoms with Crippen LogP contribution in [0.4, 0.5) is 21.9 Å². The third-order valence-electron chi connectivity index (χ3n) is 6.17. The predicted molar refractivity (Wildman–Crippen MR) is 149 cm³/mol. The number of rotatable bonds is 6. The Morgan fingerprint density at radius 1 is 1.05 bits per heavy atom. The van der Waals surface area contributed by atoms with Crippen LogP contribution in [0.3, 0.4) is 0 Å². The first-order chi connectivity index (χ1) is 18.5. The average Bonchev–Trinajstić information content (AvgIpc) is 3.24. The summed E-state index contributed by atoms with van der Waals surface area (Å²) in [5.74, 6) is 1.86. The Labute approximate surface area is 231 Å². The van der Waals surface area contributed by atoms with Crippen molar-refractivity contribution in [2.45, 2.75) is 13.5 Å². The van der Waals surface area contributed by atoms with Crippen molar-refractivity contribution in [3.05, 3.63) is 95.7 Å². The summed E-state index contributed by atoms with van der Waals surface area (Å²) in [6.07, 6.45) is 1.73. The van der Waals surface area contributed by atoms with Gasteiger partial charge in [-0.15, -0.1) is 0 Å². The van der Waals surface area contributed by atoms with Crippen LogP contribution >= 0.6 is 11.3 Å². The van der Waals surface area contributed by atoms with Gasteiger partial charge in [-0.25, -0.2) is 0 Å². The van der Waals surface area contributed by atoms with Gasteiger partial charge in [0.25, 0.3) is 0 Å². The number of thiophene rings is 1. The van der Waals surface area contributed by atoms with Gasteiger partial charge in [-0.3, -0.25) is 0 Å². The van der Waals surface area contributed by atoms with Gasteiger partial charge in [0, 0.05) is 0 Å². The number of nitrogens with one attached hydrogen (secondary N) is 1. The van der Waals surface area contributed by atoms with E-state index in [0.717, 1.165) is 42.1 Å². The molecule has 0 atom stereocenters. The number of para-hydroxylation sites is 1. The number of nitrogens with zero attached hydrogens (tertiary/aromatic N) is 3. The molecule has 5 aromatic rings. The summed E-state index contributed by atoms with van der Waals surface area (Å²) in [4.78, 5) is 20.2. The Balaban J connectivity index is 1.23. The van der Waals surface area contributed by atoms with Gasteiger partial charge in [0.1, 0.15) is 18.4 Å². The number of nitriles is 1. The third-order valence-corrected chi connectivity index (χ3v) is 8.12. The third kappa shape index (κ3) is 4.36. The predicted octanol–water partition coefficient (Wildman–Crippen LogP) is 6.33. The maximum absolute atomic E-state index is 13.1. The van der Waals surface area contributed by atoms with Crippen molar-refractivity contribution in [3.8, 4) is 23.3 Å². The Bertz CT molecular complexity index is 1760. The van der Waals surface area contributed by atoms with Gasteiger partial charge in [0.05, 0.1) is 5.56 Å². The molecular formula is C29H19AsN4O3S. The Kier molecular flexibility index (Phi) is 6.24. The van der Waals surface area contributed by atoms with Crippen LogP contribution in [0.1, 0.15) is 16.7 Å². The number of benzene rings is 3. The Morgan fingerprint density at radius 2 is 1.89 bits per heavy atom. The van der Waals surface area contributed by atoms with E-state index in [-0.39, 0.29) is 6.03 Å². The standard InChI is InChI=1S/C29H19AsN4O3S/c1-17-13-21(37-20-7-4-5-18(14-20)16-36-24-8-3-2-6-19(24)15-31)9-10-22(17)34-23-11-12-32-28-25(23)26(27(30)38-28)33-29(34)35/h2-14H,16H2,1H3,(H,33,35). The van der Waals surface area contributed by atoms with Crippen molar-refractivity contribution in [2.75, 3.05) is 10.2 Å². The van der Waals surface area contributed by atoms with E-state index in [0.29, 0.717) is 29.4 Å². The fourth-order valence-electron chi connectivity index (χ4n) is 4.43. The second-order valence-corrected chi connectivity index (χ2v) is 11.2. The summed E-state index contributed by atoms with van der Waals surface area (Å²) >= 11 is 4.05. The van der Waals surface area contributed by atoms with E-state index in [2.05, 4.69) is 33.2 Å². The molecule has 1 aliphatic heterocycles. The Morgan fingerprint density at radius 3 is 2.74 bits per heavy atom. The summed E-state index contributed by atoms with van der Waals surface area (Å²) in [6, 6.07) is 24.2. The number of carbonyl (C=O) groups is 1. The molecular weight excluding hydrogens is 559 g/mol. The Hall–Kier alpha value is -4.31. The molecule has 38 heavy (non-hydrogen) atoms. The number of amides is 2. The molecule has 2 amide bonds. The molecule has 6 rings (SSSR count). The number of ether oxygens (including phenoxy) is 2. The molecule has 0 spiro atoms. The molecule has 9 heteroatoms. The molecule has 7 nitrogen and oxygen atoms in total.